The van der Waals surface area contributed by atoms with Crippen molar-refractivity contribution in [1.82, 2.24) is 5.32 Å². The molecule has 4 N–H and O–H groups in total. The first-order valence-electron chi connectivity index (χ1n) is 4.89. The summed E-state index contributed by atoms with van der Waals surface area (Å²) >= 11 is 0. The van der Waals surface area contributed by atoms with Crippen molar-refractivity contribution in [2.75, 3.05) is 19.7 Å². The number of rotatable bonds is 8. The molecule has 0 radical (unpaired) electrons. The van der Waals surface area contributed by atoms with E-state index in [1.807, 2.05) is 0 Å². The lowest BCUT2D eigenvalue weighted by Crippen LogP contribution is -2.36. The molecule has 0 heterocycles. The van der Waals surface area contributed by atoms with Crippen LogP contribution in [0.5, 0.6) is 0 Å². The van der Waals surface area contributed by atoms with E-state index in [1.54, 1.807) is 0 Å². The van der Waals surface area contributed by atoms with Crippen molar-refractivity contribution in [2.24, 2.45) is 5.73 Å². The SMILES string of the molecule is CCCC(CN)NCCCCO. The number of aliphatic hydroxyl groups excluding tert-OH is 1. The lowest BCUT2D eigenvalue weighted by atomic mass is 10.1. The largest absolute Gasteiger partial charge is 0.396 e. The van der Waals surface area contributed by atoms with E-state index in [9.17, 15) is 0 Å². The number of unbranched alkanes of at least 4 members (excludes halogenated alkanes) is 1. The molecule has 0 aromatic rings. The van der Waals surface area contributed by atoms with Gasteiger partial charge in [0, 0.05) is 19.2 Å². The molecule has 12 heavy (non-hydrogen) atoms. The summed E-state index contributed by atoms with van der Waals surface area (Å²) in [5.74, 6) is 0. The van der Waals surface area contributed by atoms with Crippen molar-refractivity contribution in [3.63, 3.8) is 0 Å². The van der Waals surface area contributed by atoms with Crippen LogP contribution in [0.25, 0.3) is 0 Å². The second-order valence-electron chi connectivity index (χ2n) is 3.11. The Labute approximate surface area is 75.3 Å². The van der Waals surface area contributed by atoms with E-state index >= 15 is 0 Å². The Bertz CT molecular complexity index is 88.6. The molecule has 3 nitrogen and oxygen atoms in total. The van der Waals surface area contributed by atoms with E-state index in [1.165, 1.54) is 6.42 Å². The van der Waals surface area contributed by atoms with Crippen LogP contribution in [0.1, 0.15) is 32.6 Å². The average molecular weight is 174 g/mol. The van der Waals surface area contributed by atoms with Crippen LogP contribution in [0.3, 0.4) is 0 Å². The second-order valence-corrected chi connectivity index (χ2v) is 3.11. The first-order chi connectivity index (χ1) is 5.85. The van der Waals surface area contributed by atoms with Gasteiger partial charge in [0.1, 0.15) is 0 Å². The lowest BCUT2D eigenvalue weighted by molar-refractivity contribution is 0.282. The van der Waals surface area contributed by atoms with Crippen LogP contribution in [-0.4, -0.2) is 30.8 Å². The number of aliphatic hydroxyl groups is 1. The zero-order chi connectivity index (χ0) is 9.23. The molecule has 0 fully saturated rings. The normalized spacial score (nSPS) is 13.2. The minimum Gasteiger partial charge on any atom is -0.396 e. The van der Waals surface area contributed by atoms with E-state index in [2.05, 4.69) is 12.2 Å². The van der Waals surface area contributed by atoms with Gasteiger partial charge >= 0.3 is 0 Å². The number of nitrogens with two attached hydrogens (primary N) is 1. The number of hydrogen-bond acceptors (Lipinski definition) is 3. The fraction of sp³-hybridized carbons (Fsp3) is 1.00. The molecule has 3 heteroatoms. The van der Waals surface area contributed by atoms with Crippen LogP contribution in [-0.2, 0) is 0 Å². The van der Waals surface area contributed by atoms with Gasteiger partial charge in [-0.2, -0.15) is 0 Å². The van der Waals surface area contributed by atoms with E-state index in [0.717, 1.165) is 25.8 Å². The average Bonchev–Trinajstić information content (AvgIpc) is 2.10. The highest BCUT2D eigenvalue weighted by atomic mass is 16.2. The van der Waals surface area contributed by atoms with E-state index in [-0.39, 0.29) is 0 Å². The fourth-order valence-corrected chi connectivity index (χ4v) is 1.19. The molecule has 1 atom stereocenters. The van der Waals surface area contributed by atoms with Crippen LogP contribution in [0.15, 0.2) is 0 Å². The number of nitrogens with one attached hydrogen (secondary N) is 1. The van der Waals surface area contributed by atoms with Gasteiger partial charge in [-0.3, -0.25) is 0 Å². The summed E-state index contributed by atoms with van der Waals surface area (Å²) in [6.07, 6.45) is 4.25. The molecule has 1 unspecified atom stereocenters. The van der Waals surface area contributed by atoms with Gasteiger partial charge in [-0.25, -0.2) is 0 Å². The summed E-state index contributed by atoms with van der Waals surface area (Å²) in [7, 11) is 0. The zero-order valence-electron chi connectivity index (χ0n) is 8.05. The Balaban J connectivity index is 3.19. The quantitative estimate of drug-likeness (QED) is 0.469. The third-order valence-corrected chi connectivity index (χ3v) is 1.94. The minimum absolute atomic E-state index is 0.294. The van der Waals surface area contributed by atoms with Crippen molar-refractivity contribution in [1.29, 1.82) is 0 Å². The highest BCUT2D eigenvalue weighted by molar-refractivity contribution is 4.66. The summed E-state index contributed by atoms with van der Waals surface area (Å²) in [5, 5.41) is 11.9. The van der Waals surface area contributed by atoms with Gasteiger partial charge in [0.2, 0.25) is 0 Å². The Morgan fingerprint density at radius 3 is 2.67 bits per heavy atom. The van der Waals surface area contributed by atoms with E-state index in [4.69, 9.17) is 10.8 Å². The Morgan fingerprint density at radius 2 is 2.17 bits per heavy atom. The summed E-state index contributed by atoms with van der Waals surface area (Å²) < 4.78 is 0. The maximum Gasteiger partial charge on any atom is 0.0431 e. The monoisotopic (exact) mass is 174 g/mol. The maximum atomic E-state index is 8.54. The third-order valence-electron chi connectivity index (χ3n) is 1.94. The molecule has 0 aliphatic carbocycles. The molecule has 0 aromatic carbocycles. The summed E-state index contributed by atoms with van der Waals surface area (Å²) in [6, 6.07) is 0.466. The summed E-state index contributed by atoms with van der Waals surface area (Å²) in [5.41, 5.74) is 5.56. The van der Waals surface area contributed by atoms with Crippen LogP contribution >= 0.6 is 0 Å². The second kappa shape index (κ2) is 8.97. The molecule has 0 aromatic heterocycles. The van der Waals surface area contributed by atoms with Gasteiger partial charge < -0.3 is 16.2 Å². The van der Waals surface area contributed by atoms with E-state index < -0.39 is 0 Å². The first kappa shape index (κ1) is 11.9. The van der Waals surface area contributed by atoms with Gasteiger partial charge in [-0.15, -0.1) is 0 Å². The molecule has 0 amide bonds. The number of hydrogen-bond donors (Lipinski definition) is 3. The molecule has 0 aliphatic heterocycles. The van der Waals surface area contributed by atoms with Crippen molar-refractivity contribution >= 4 is 0 Å². The molecule has 0 saturated heterocycles. The molecule has 0 spiro atoms. The first-order valence-corrected chi connectivity index (χ1v) is 4.89. The van der Waals surface area contributed by atoms with Crippen molar-refractivity contribution in [2.45, 2.75) is 38.6 Å². The van der Waals surface area contributed by atoms with Crippen LogP contribution < -0.4 is 11.1 Å². The minimum atomic E-state index is 0.294. The fourth-order valence-electron chi connectivity index (χ4n) is 1.19. The highest BCUT2D eigenvalue weighted by Crippen LogP contribution is 1.94. The van der Waals surface area contributed by atoms with Crippen LogP contribution in [0, 0.1) is 0 Å². The third kappa shape index (κ3) is 6.58. The highest BCUT2D eigenvalue weighted by Gasteiger charge is 2.02. The Kier molecular flexibility index (Phi) is 8.88. The predicted molar refractivity (Wildman–Crippen MR) is 52.1 cm³/mol. The molecule has 0 bridgehead atoms. The molecule has 0 rings (SSSR count). The van der Waals surface area contributed by atoms with Crippen molar-refractivity contribution in [3.05, 3.63) is 0 Å². The van der Waals surface area contributed by atoms with Crippen molar-refractivity contribution in [3.8, 4) is 0 Å². The Hall–Kier alpha value is -0.120. The lowest BCUT2D eigenvalue weighted by Gasteiger charge is -2.15. The molecular formula is C9H22N2O. The maximum absolute atomic E-state index is 8.54. The zero-order valence-corrected chi connectivity index (χ0v) is 8.05. The topological polar surface area (TPSA) is 58.3 Å². The Morgan fingerprint density at radius 1 is 1.42 bits per heavy atom. The molecule has 74 valence electrons. The predicted octanol–water partition coefficient (Wildman–Crippen LogP) is 0.476. The smallest absolute Gasteiger partial charge is 0.0431 e. The van der Waals surface area contributed by atoms with Gasteiger partial charge in [-0.05, 0) is 25.8 Å². The van der Waals surface area contributed by atoms with Crippen LogP contribution in [0.4, 0.5) is 0 Å². The van der Waals surface area contributed by atoms with E-state index in [0.29, 0.717) is 19.2 Å². The van der Waals surface area contributed by atoms with Gasteiger partial charge in [0.25, 0.3) is 0 Å². The molecular weight excluding hydrogens is 152 g/mol. The van der Waals surface area contributed by atoms with Crippen LogP contribution in [0.2, 0.25) is 0 Å². The molecule has 0 saturated carbocycles. The van der Waals surface area contributed by atoms with Gasteiger partial charge in [-0.1, -0.05) is 13.3 Å². The molecule has 0 aliphatic rings. The van der Waals surface area contributed by atoms with Gasteiger partial charge in [0.15, 0.2) is 0 Å². The van der Waals surface area contributed by atoms with Gasteiger partial charge in [0.05, 0.1) is 0 Å². The summed E-state index contributed by atoms with van der Waals surface area (Å²) in [4.78, 5) is 0. The standard InChI is InChI=1S/C9H22N2O/c1-2-5-9(8-10)11-6-3-4-7-12/h9,11-12H,2-8,10H2,1H3. The summed E-state index contributed by atoms with van der Waals surface area (Å²) in [6.45, 7) is 4.15. The van der Waals surface area contributed by atoms with Crippen molar-refractivity contribution < 1.29 is 5.11 Å².